The van der Waals surface area contributed by atoms with Crippen LogP contribution in [-0.2, 0) is 6.54 Å². The summed E-state index contributed by atoms with van der Waals surface area (Å²) in [6, 6.07) is 0.199. The summed E-state index contributed by atoms with van der Waals surface area (Å²) in [6.45, 7) is 5.95. The van der Waals surface area contributed by atoms with Gasteiger partial charge in [-0.05, 0) is 51.6 Å². The van der Waals surface area contributed by atoms with Crippen LogP contribution in [0.4, 0.5) is 13.6 Å². The van der Waals surface area contributed by atoms with E-state index in [4.69, 9.17) is 4.98 Å². The number of thiazole rings is 1. The van der Waals surface area contributed by atoms with E-state index in [0.717, 1.165) is 92.9 Å². The Balaban J connectivity index is 0.843. The molecule has 2 aliphatic carbocycles. The van der Waals surface area contributed by atoms with Crippen molar-refractivity contribution in [3.63, 3.8) is 0 Å². The molecule has 0 aromatic carbocycles. The van der Waals surface area contributed by atoms with E-state index in [1.54, 1.807) is 0 Å². The minimum Gasteiger partial charge on any atom is -0.323 e. The van der Waals surface area contributed by atoms with E-state index in [1.165, 1.54) is 19.0 Å². The lowest BCUT2D eigenvalue weighted by Crippen LogP contribution is -2.70. The Morgan fingerprint density at radius 1 is 1.09 bits per heavy atom. The molecule has 5 aliphatic rings. The number of nitrogens with zero attached hydrogens (tertiary/aromatic N) is 6. The predicted octanol–water partition coefficient (Wildman–Crippen LogP) is 3.97. The van der Waals surface area contributed by atoms with Crippen molar-refractivity contribution in [2.45, 2.75) is 63.3 Å². The Hall–Kier alpha value is -2.14. The molecule has 3 saturated heterocycles. The number of likely N-dealkylation sites (tertiary alicyclic amines) is 3. The smallest absolute Gasteiger partial charge is 0.320 e. The highest BCUT2D eigenvalue weighted by Gasteiger charge is 2.57. The molecule has 2 saturated carbocycles. The van der Waals surface area contributed by atoms with Crippen molar-refractivity contribution < 1.29 is 13.6 Å². The van der Waals surface area contributed by atoms with Crippen LogP contribution in [0.1, 0.15) is 78.3 Å². The molecule has 35 heavy (non-hydrogen) atoms. The molecule has 8 nitrogen and oxygen atoms in total. The highest BCUT2D eigenvalue weighted by molar-refractivity contribution is 7.11. The largest absolute Gasteiger partial charge is 0.323 e. The average Bonchev–Trinajstić information content (AvgIpc) is 3.31. The van der Waals surface area contributed by atoms with Crippen LogP contribution < -0.4 is 0 Å². The number of H-pyrrole nitrogens is 1. The van der Waals surface area contributed by atoms with Gasteiger partial charge in [0, 0.05) is 55.0 Å². The zero-order valence-corrected chi connectivity index (χ0v) is 20.6. The first kappa shape index (κ1) is 22.1. The van der Waals surface area contributed by atoms with Gasteiger partial charge in [-0.1, -0.05) is 0 Å². The van der Waals surface area contributed by atoms with Crippen LogP contribution in [0.2, 0.25) is 0 Å². The second-order valence-corrected chi connectivity index (χ2v) is 12.8. The van der Waals surface area contributed by atoms with Crippen LogP contribution >= 0.6 is 11.3 Å². The van der Waals surface area contributed by atoms with Gasteiger partial charge in [0.2, 0.25) is 0 Å². The standard InChI is InChI=1S/C24H31F2N7OS/c25-19(26)17-9-27-18(35-17)10-31-5-3-23(4-6-31)11-32(12-23)22(34)33-13-24(14-33)7-16(8-24)21-28-20(29-30-21)15-1-2-15/h9,15-16,19H,1-8,10-14H2,(H,28,29,30). The third kappa shape index (κ3) is 3.94. The molecule has 5 fully saturated rings. The maximum atomic E-state index is 13.0. The number of rotatable bonds is 5. The third-order valence-corrected chi connectivity index (χ3v) is 9.91. The molecule has 2 aromatic heterocycles. The van der Waals surface area contributed by atoms with Gasteiger partial charge < -0.3 is 9.80 Å². The number of aromatic amines is 1. The SMILES string of the molecule is O=C(N1CC2(CCN(Cc3ncc(C(F)F)s3)CC2)C1)N1CC2(CC(c3nc(C4CC4)n[nH]3)C2)C1. The van der Waals surface area contributed by atoms with E-state index in [1.807, 2.05) is 9.80 Å². The fourth-order valence-corrected chi connectivity index (χ4v) is 7.44. The third-order valence-electron chi connectivity index (χ3n) is 8.92. The van der Waals surface area contributed by atoms with Crippen LogP contribution in [0.3, 0.4) is 0 Å². The topological polar surface area (TPSA) is 81.2 Å². The number of hydrogen-bond acceptors (Lipinski definition) is 6. The van der Waals surface area contributed by atoms with Crippen molar-refractivity contribution in [2.24, 2.45) is 10.8 Å². The summed E-state index contributed by atoms with van der Waals surface area (Å²) in [7, 11) is 0. The van der Waals surface area contributed by atoms with Crippen LogP contribution in [0.25, 0.3) is 0 Å². The van der Waals surface area contributed by atoms with Crippen LogP contribution in [0.15, 0.2) is 6.20 Å². The van der Waals surface area contributed by atoms with Crippen molar-refractivity contribution in [3.05, 3.63) is 27.7 Å². The molecule has 0 atom stereocenters. The highest BCUT2D eigenvalue weighted by Crippen LogP contribution is 2.56. The summed E-state index contributed by atoms with van der Waals surface area (Å²) in [6.07, 6.45) is 5.61. The van der Waals surface area contributed by atoms with Gasteiger partial charge >= 0.3 is 6.03 Å². The van der Waals surface area contributed by atoms with E-state index in [2.05, 4.69) is 20.1 Å². The number of aromatic nitrogens is 4. The molecule has 2 spiro atoms. The number of carbonyl (C=O) groups is 1. The monoisotopic (exact) mass is 503 g/mol. The Kier molecular flexibility index (Phi) is 5.00. The molecule has 11 heteroatoms. The summed E-state index contributed by atoms with van der Waals surface area (Å²) in [5, 5.41) is 8.31. The number of hydrogen-bond donors (Lipinski definition) is 1. The highest BCUT2D eigenvalue weighted by atomic mass is 32.1. The molecule has 0 radical (unpaired) electrons. The predicted molar refractivity (Wildman–Crippen MR) is 125 cm³/mol. The number of carbonyl (C=O) groups excluding carboxylic acids is 1. The van der Waals surface area contributed by atoms with Crippen LogP contribution in [0.5, 0.6) is 0 Å². The average molecular weight is 504 g/mol. The van der Waals surface area contributed by atoms with Crippen LogP contribution in [0, 0.1) is 10.8 Å². The summed E-state index contributed by atoms with van der Waals surface area (Å²) >= 11 is 1.11. The Morgan fingerprint density at radius 3 is 2.40 bits per heavy atom. The lowest BCUT2D eigenvalue weighted by molar-refractivity contribution is -0.0798. The quantitative estimate of drug-likeness (QED) is 0.668. The van der Waals surface area contributed by atoms with E-state index in [0.29, 0.717) is 23.8 Å². The van der Waals surface area contributed by atoms with E-state index in [-0.39, 0.29) is 16.3 Å². The maximum absolute atomic E-state index is 13.0. The second kappa shape index (κ2) is 7.93. The number of piperidine rings is 1. The van der Waals surface area contributed by atoms with Gasteiger partial charge in [-0.15, -0.1) is 11.3 Å². The summed E-state index contributed by atoms with van der Waals surface area (Å²) in [5.74, 6) is 3.09. The summed E-state index contributed by atoms with van der Waals surface area (Å²) in [5.41, 5.74) is 0.527. The summed E-state index contributed by atoms with van der Waals surface area (Å²) < 4.78 is 25.6. The number of alkyl halides is 2. The number of amides is 2. The van der Waals surface area contributed by atoms with Crippen molar-refractivity contribution in [3.8, 4) is 0 Å². The van der Waals surface area contributed by atoms with Crippen molar-refractivity contribution in [1.82, 2.24) is 34.9 Å². The molecule has 0 bridgehead atoms. The molecule has 2 amide bonds. The number of urea groups is 1. The first-order valence-electron chi connectivity index (χ1n) is 12.8. The van der Waals surface area contributed by atoms with Gasteiger partial charge in [0.15, 0.2) is 5.82 Å². The fraction of sp³-hybridized carbons (Fsp3) is 0.750. The number of nitrogens with one attached hydrogen (secondary N) is 1. The molecule has 188 valence electrons. The Morgan fingerprint density at radius 2 is 1.77 bits per heavy atom. The molecule has 2 aromatic rings. The lowest BCUT2D eigenvalue weighted by Gasteiger charge is -2.61. The van der Waals surface area contributed by atoms with Gasteiger partial charge in [-0.25, -0.2) is 23.5 Å². The van der Waals surface area contributed by atoms with Gasteiger partial charge in [-0.3, -0.25) is 10.00 Å². The molecule has 5 heterocycles. The van der Waals surface area contributed by atoms with E-state index >= 15 is 0 Å². The molecular formula is C24H31F2N7OS. The van der Waals surface area contributed by atoms with E-state index < -0.39 is 6.43 Å². The normalized spacial score (nSPS) is 25.7. The Bertz CT molecular complexity index is 1100. The van der Waals surface area contributed by atoms with Gasteiger partial charge in [0.25, 0.3) is 6.43 Å². The molecule has 0 unspecified atom stereocenters. The minimum atomic E-state index is -2.44. The van der Waals surface area contributed by atoms with Crippen LogP contribution in [-0.4, -0.2) is 80.2 Å². The fourth-order valence-electron chi connectivity index (χ4n) is 6.62. The van der Waals surface area contributed by atoms with Gasteiger partial charge in [-0.2, -0.15) is 5.10 Å². The van der Waals surface area contributed by atoms with E-state index in [9.17, 15) is 13.6 Å². The zero-order valence-electron chi connectivity index (χ0n) is 19.8. The van der Waals surface area contributed by atoms with Crippen molar-refractivity contribution >= 4 is 17.4 Å². The summed E-state index contributed by atoms with van der Waals surface area (Å²) in [4.78, 5) is 28.3. The molecule has 3 aliphatic heterocycles. The first-order valence-corrected chi connectivity index (χ1v) is 13.6. The lowest BCUT2D eigenvalue weighted by atomic mass is 9.57. The molecule has 7 rings (SSSR count). The van der Waals surface area contributed by atoms with Crippen molar-refractivity contribution in [2.75, 3.05) is 39.3 Å². The van der Waals surface area contributed by atoms with Gasteiger partial charge in [0.05, 0.1) is 11.4 Å². The first-order chi connectivity index (χ1) is 16.9. The van der Waals surface area contributed by atoms with Gasteiger partial charge in [0.1, 0.15) is 10.8 Å². The maximum Gasteiger partial charge on any atom is 0.320 e. The minimum absolute atomic E-state index is 0.0486. The molecular weight excluding hydrogens is 472 g/mol. The number of halogens is 2. The zero-order chi connectivity index (χ0) is 23.8. The molecule has 1 N–H and O–H groups in total. The van der Waals surface area contributed by atoms with Crippen molar-refractivity contribution in [1.29, 1.82) is 0 Å². The Labute approximate surface area is 207 Å². The second-order valence-electron chi connectivity index (χ2n) is 11.7.